The minimum absolute atomic E-state index is 0.322. The normalized spacial score (nSPS) is 12.0. The average molecular weight is 258 g/mol. The van der Waals surface area contributed by atoms with Gasteiger partial charge in [-0.15, -0.1) is 0 Å². The first-order valence-electron chi connectivity index (χ1n) is 5.33. The number of carbonyl (C=O) groups excluding carboxylic acids is 1. The summed E-state index contributed by atoms with van der Waals surface area (Å²) in [6, 6.07) is 4.56. The summed E-state index contributed by atoms with van der Waals surface area (Å²) in [7, 11) is 1.57. The fourth-order valence-electron chi connectivity index (χ4n) is 1.39. The number of nitrogens with two attached hydrogens (primary N) is 1. The predicted molar refractivity (Wildman–Crippen MR) is 66.3 cm³/mol. The van der Waals surface area contributed by atoms with E-state index in [2.05, 4.69) is 0 Å². The Bertz CT molecular complexity index is 395. The van der Waals surface area contributed by atoms with Crippen LogP contribution in [-0.2, 0) is 16.0 Å². The molecule has 0 aliphatic carbocycles. The second kappa shape index (κ2) is 6.47. The predicted octanol–water partition coefficient (Wildman–Crippen LogP) is 1.78. The maximum atomic E-state index is 11.4. The summed E-state index contributed by atoms with van der Waals surface area (Å²) < 4.78 is 9.86. The highest BCUT2D eigenvalue weighted by molar-refractivity contribution is 6.31. The van der Waals surface area contributed by atoms with E-state index in [9.17, 15) is 4.79 Å². The molecule has 0 saturated carbocycles. The number of benzene rings is 1. The third kappa shape index (κ3) is 3.91. The number of hydrogen-bond acceptors (Lipinski definition) is 4. The standard InChI is InChI=1S/C12H16ClNO3/c1-3-17-12(15)11(14)6-8-4-5-9(16-2)7-10(8)13/h4-5,7,11H,3,6,14H2,1-2H3. The van der Waals surface area contributed by atoms with Gasteiger partial charge in [-0.05, 0) is 31.0 Å². The van der Waals surface area contributed by atoms with Crippen molar-refractivity contribution in [2.45, 2.75) is 19.4 Å². The molecule has 1 rings (SSSR count). The van der Waals surface area contributed by atoms with Crippen molar-refractivity contribution in [1.29, 1.82) is 0 Å². The first-order chi connectivity index (χ1) is 8.08. The van der Waals surface area contributed by atoms with Gasteiger partial charge in [-0.2, -0.15) is 0 Å². The van der Waals surface area contributed by atoms with Crippen molar-refractivity contribution in [3.8, 4) is 5.75 Å². The maximum absolute atomic E-state index is 11.4. The number of esters is 1. The second-order valence-electron chi connectivity index (χ2n) is 3.52. The lowest BCUT2D eigenvalue weighted by Gasteiger charge is -2.12. The molecule has 1 atom stereocenters. The molecule has 0 aliphatic heterocycles. The van der Waals surface area contributed by atoms with Crippen molar-refractivity contribution in [3.05, 3.63) is 28.8 Å². The molecule has 17 heavy (non-hydrogen) atoms. The number of carbonyl (C=O) groups is 1. The van der Waals surface area contributed by atoms with Gasteiger partial charge in [-0.3, -0.25) is 4.79 Å². The highest BCUT2D eigenvalue weighted by atomic mass is 35.5. The van der Waals surface area contributed by atoms with Crippen LogP contribution >= 0.6 is 11.6 Å². The highest BCUT2D eigenvalue weighted by Crippen LogP contribution is 2.23. The molecular formula is C12H16ClNO3. The van der Waals surface area contributed by atoms with Crippen LogP contribution in [0.2, 0.25) is 5.02 Å². The average Bonchev–Trinajstić information content (AvgIpc) is 2.31. The van der Waals surface area contributed by atoms with Crippen LogP contribution in [-0.4, -0.2) is 25.7 Å². The lowest BCUT2D eigenvalue weighted by molar-refractivity contribution is -0.144. The zero-order valence-electron chi connectivity index (χ0n) is 9.90. The van der Waals surface area contributed by atoms with Crippen LogP contribution in [0.25, 0.3) is 0 Å². The summed E-state index contributed by atoms with van der Waals surface area (Å²) in [5.74, 6) is 0.253. The summed E-state index contributed by atoms with van der Waals surface area (Å²) in [5, 5.41) is 0.532. The Hall–Kier alpha value is -1.26. The molecule has 0 bridgehead atoms. The molecule has 1 aromatic carbocycles. The minimum Gasteiger partial charge on any atom is -0.497 e. The molecule has 0 saturated heterocycles. The van der Waals surface area contributed by atoms with E-state index < -0.39 is 12.0 Å². The Kier molecular flexibility index (Phi) is 5.25. The van der Waals surface area contributed by atoms with Gasteiger partial charge in [0.15, 0.2) is 0 Å². The molecule has 0 fully saturated rings. The van der Waals surface area contributed by atoms with Gasteiger partial charge in [0.1, 0.15) is 11.8 Å². The topological polar surface area (TPSA) is 61.5 Å². The van der Waals surface area contributed by atoms with Crippen molar-refractivity contribution < 1.29 is 14.3 Å². The monoisotopic (exact) mass is 257 g/mol. The van der Waals surface area contributed by atoms with Crippen molar-refractivity contribution >= 4 is 17.6 Å². The van der Waals surface area contributed by atoms with Gasteiger partial charge in [-0.1, -0.05) is 17.7 Å². The largest absolute Gasteiger partial charge is 0.497 e. The zero-order valence-corrected chi connectivity index (χ0v) is 10.7. The summed E-state index contributed by atoms with van der Waals surface area (Å²) in [6.07, 6.45) is 0.349. The second-order valence-corrected chi connectivity index (χ2v) is 3.93. The molecule has 4 nitrogen and oxygen atoms in total. The van der Waals surface area contributed by atoms with E-state index in [0.29, 0.717) is 23.8 Å². The van der Waals surface area contributed by atoms with Gasteiger partial charge in [0, 0.05) is 5.02 Å². The van der Waals surface area contributed by atoms with Crippen LogP contribution in [0, 0.1) is 0 Å². The maximum Gasteiger partial charge on any atom is 0.323 e. The lowest BCUT2D eigenvalue weighted by Crippen LogP contribution is -2.34. The van der Waals surface area contributed by atoms with Gasteiger partial charge in [0.25, 0.3) is 0 Å². The van der Waals surface area contributed by atoms with Crippen molar-refractivity contribution in [2.75, 3.05) is 13.7 Å². The van der Waals surface area contributed by atoms with Crippen molar-refractivity contribution in [2.24, 2.45) is 5.73 Å². The lowest BCUT2D eigenvalue weighted by atomic mass is 10.1. The van der Waals surface area contributed by atoms with Gasteiger partial charge in [0.05, 0.1) is 13.7 Å². The third-order valence-electron chi connectivity index (χ3n) is 2.29. The van der Waals surface area contributed by atoms with E-state index in [4.69, 9.17) is 26.8 Å². The Morgan fingerprint density at radius 3 is 2.76 bits per heavy atom. The van der Waals surface area contributed by atoms with E-state index in [1.807, 2.05) is 0 Å². The Balaban J connectivity index is 2.71. The van der Waals surface area contributed by atoms with Crippen LogP contribution < -0.4 is 10.5 Å². The van der Waals surface area contributed by atoms with Gasteiger partial charge < -0.3 is 15.2 Å². The summed E-state index contributed by atoms with van der Waals surface area (Å²) in [5.41, 5.74) is 6.51. The summed E-state index contributed by atoms with van der Waals surface area (Å²) in [4.78, 5) is 11.4. The molecule has 0 heterocycles. The molecule has 0 aromatic heterocycles. The Labute approximate surface area is 106 Å². The number of ether oxygens (including phenoxy) is 2. The van der Waals surface area contributed by atoms with Crippen LogP contribution in [0.15, 0.2) is 18.2 Å². The van der Waals surface area contributed by atoms with Crippen molar-refractivity contribution in [1.82, 2.24) is 0 Å². The molecule has 0 spiro atoms. The first kappa shape index (κ1) is 13.8. The van der Waals surface area contributed by atoms with E-state index in [1.54, 1.807) is 32.2 Å². The molecule has 0 aliphatic rings. The van der Waals surface area contributed by atoms with Gasteiger partial charge in [-0.25, -0.2) is 0 Å². The smallest absolute Gasteiger partial charge is 0.323 e. The quantitative estimate of drug-likeness (QED) is 0.817. The van der Waals surface area contributed by atoms with E-state index in [1.165, 1.54) is 0 Å². The molecule has 0 amide bonds. The molecule has 5 heteroatoms. The number of methoxy groups -OCH3 is 1. The van der Waals surface area contributed by atoms with E-state index >= 15 is 0 Å². The molecule has 1 unspecified atom stereocenters. The number of hydrogen-bond donors (Lipinski definition) is 1. The number of halogens is 1. The zero-order chi connectivity index (χ0) is 12.8. The molecule has 94 valence electrons. The first-order valence-corrected chi connectivity index (χ1v) is 5.71. The van der Waals surface area contributed by atoms with Crippen molar-refractivity contribution in [3.63, 3.8) is 0 Å². The van der Waals surface area contributed by atoms with E-state index in [-0.39, 0.29) is 0 Å². The van der Waals surface area contributed by atoms with Crippen LogP contribution in [0.1, 0.15) is 12.5 Å². The van der Waals surface area contributed by atoms with Crippen LogP contribution in [0.5, 0.6) is 5.75 Å². The third-order valence-corrected chi connectivity index (χ3v) is 2.64. The SMILES string of the molecule is CCOC(=O)C(N)Cc1ccc(OC)cc1Cl. The molecular weight excluding hydrogens is 242 g/mol. The van der Waals surface area contributed by atoms with Crippen LogP contribution in [0.4, 0.5) is 0 Å². The van der Waals surface area contributed by atoms with E-state index in [0.717, 1.165) is 5.56 Å². The highest BCUT2D eigenvalue weighted by Gasteiger charge is 2.16. The summed E-state index contributed by atoms with van der Waals surface area (Å²) in [6.45, 7) is 2.06. The molecule has 2 N–H and O–H groups in total. The Morgan fingerprint density at radius 2 is 2.24 bits per heavy atom. The van der Waals surface area contributed by atoms with Crippen LogP contribution in [0.3, 0.4) is 0 Å². The molecule has 0 radical (unpaired) electrons. The minimum atomic E-state index is -0.694. The fourth-order valence-corrected chi connectivity index (χ4v) is 1.64. The Morgan fingerprint density at radius 1 is 1.53 bits per heavy atom. The fraction of sp³-hybridized carbons (Fsp3) is 0.417. The van der Waals surface area contributed by atoms with Gasteiger partial charge in [0.2, 0.25) is 0 Å². The van der Waals surface area contributed by atoms with Gasteiger partial charge >= 0.3 is 5.97 Å². The molecule has 1 aromatic rings. The summed E-state index contributed by atoms with van der Waals surface area (Å²) >= 11 is 6.05. The number of rotatable bonds is 5.